The van der Waals surface area contributed by atoms with Crippen LogP contribution >= 0.6 is 11.6 Å². The zero-order chi connectivity index (χ0) is 13.0. The Hall–Kier alpha value is -2.14. The fraction of sp³-hybridized carbons (Fsp3) is 0.0833. The van der Waals surface area contributed by atoms with Gasteiger partial charge >= 0.3 is 11.8 Å². The number of nitrogens with one attached hydrogen (secondary N) is 1. The van der Waals surface area contributed by atoms with Gasteiger partial charge in [0.1, 0.15) is 0 Å². The Balaban J connectivity index is 2.23. The lowest BCUT2D eigenvalue weighted by atomic mass is 10.2. The van der Waals surface area contributed by atoms with Crippen molar-refractivity contribution in [3.8, 4) is 11.5 Å². The molecule has 92 valence electrons. The van der Waals surface area contributed by atoms with Gasteiger partial charge in [-0.05, 0) is 12.1 Å². The molecule has 0 radical (unpaired) electrons. The molecule has 5 nitrogen and oxygen atoms in total. The molecule has 0 aliphatic heterocycles. The van der Waals surface area contributed by atoms with Crippen molar-refractivity contribution in [1.29, 1.82) is 0 Å². The highest BCUT2D eigenvalue weighted by Gasteiger charge is 2.16. The lowest BCUT2D eigenvalue weighted by Gasteiger charge is -1.97. The second-order valence-electron chi connectivity index (χ2n) is 3.39. The van der Waals surface area contributed by atoms with E-state index in [0.29, 0.717) is 17.1 Å². The minimum absolute atomic E-state index is 0.105. The fourth-order valence-corrected chi connectivity index (χ4v) is 1.52. The molecule has 0 fully saturated rings. The molecule has 18 heavy (non-hydrogen) atoms. The van der Waals surface area contributed by atoms with E-state index in [-0.39, 0.29) is 11.8 Å². The number of aromatic nitrogens is 2. The maximum atomic E-state index is 11.5. The fourth-order valence-electron chi connectivity index (χ4n) is 1.30. The van der Waals surface area contributed by atoms with Gasteiger partial charge in [0.25, 0.3) is 0 Å². The Labute approximate surface area is 108 Å². The molecular weight excluding hydrogens is 254 g/mol. The molecule has 0 aliphatic rings. The van der Waals surface area contributed by atoms with E-state index in [1.54, 1.807) is 30.3 Å². The van der Waals surface area contributed by atoms with Crippen molar-refractivity contribution in [3.05, 3.63) is 47.8 Å². The largest absolute Gasteiger partial charge is 0.412 e. The van der Waals surface area contributed by atoms with E-state index in [0.717, 1.165) is 0 Å². The molecule has 0 aliphatic carbocycles. The van der Waals surface area contributed by atoms with Gasteiger partial charge in [-0.1, -0.05) is 29.8 Å². The van der Waals surface area contributed by atoms with Crippen LogP contribution in [0.15, 0.2) is 41.3 Å². The Kier molecular flexibility index (Phi) is 3.74. The summed E-state index contributed by atoms with van der Waals surface area (Å²) >= 11 is 5.99. The smallest absolute Gasteiger partial charge is 0.309 e. The zero-order valence-electron chi connectivity index (χ0n) is 9.39. The zero-order valence-corrected chi connectivity index (χ0v) is 10.1. The van der Waals surface area contributed by atoms with Gasteiger partial charge in [-0.2, -0.15) is 0 Å². The summed E-state index contributed by atoms with van der Waals surface area (Å²) in [4.78, 5) is 11.5. The van der Waals surface area contributed by atoms with Crippen LogP contribution in [0.4, 0.5) is 0 Å². The first-order valence-electron chi connectivity index (χ1n) is 5.20. The number of amides is 1. The summed E-state index contributed by atoms with van der Waals surface area (Å²) < 4.78 is 5.26. The van der Waals surface area contributed by atoms with E-state index in [1.165, 1.54) is 0 Å². The van der Waals surface area contributed by atoms with E-state index < -0.39 is 5.91 Å². The summed E-state index contributed by atoms with van der Waals surface area (Å²) in [5.41, 5.74) is 0.592. The van der Waals surface area contributed by atoms with E-state index >= 15 is 0 Å². The van der Waals surface area contributed by atoms with Crippen LogP contribution in [0.5, 0.6) is 0 Å². The minimum Gasteiger partial charge on any atom is -0.412 e. The van der Waals surface area contributed by atoms with E-state index in [9.17, 15) is 4.79 Å². The average molecular weight is 264 g/mol. The quantitative estimate of drug-likeness (QED) is 0.860. The van der Waals surface area contributed by atoms with E-state index in [4.69, 9.17) is 16.0 Å². The van der Waals surface area contributed by atoms with E-state index in [1.807, 2.05) is 0 Å². The number of carbonyl (C=O) groups is 1. The lowest BCUT2D eigenvalue weighted by Crippen LogP contribution is -2.23. The standard InChI is InChI=1S/C12H10ClN3O2/c1-2-7-14-10(17)12-16-15-11(18-12)8-5-3-4-6-9(8)13/h2-6H,1,7H2,(H,14,17). The van der Waals surface area contributed by atoms with Crippen molar-refractivity contribution in [3.63, 3.8) is 0 Å². The number of carbonyl (C=O) groups excluding carboxylic acids is 1. The molecule has 0 bridgehead atoms. The number of halogens is 1. The first-order valence-corrected chi connectivity index (χ1v) is 5.57. The van der Waals surface area contributed by atoms with Gasteiger partial charge in [-0.15, -0.1) is 16.8 Å². The highest BCUT2D eigenvalue weighted by atomic mass is 35.5. The summed E-state index contributed by atoms with van der Waals surface area (Å²) in [5, 5.41) is 10.5. The SMILES string of the molecule is C=CCNC(=O)c1nnc(-c2ccccc2Cl)o1. The van der Waals surface area contributed by atoms with Crippen LogP contribution in [0.25, 0.3) is 11.5 Å². The third-order valence-corrected chi connectivity index (χ3v) is 2.46. The van der Waals surface area contributed by atoms with Crippen molar-refractivity contribution >= 4 is 17.5 Å². The second-order valence-corrected chi connectivity index (χ2v) is 3.80. The summed E-state index contributed by atoms with van der Waals surface area (Å²) in [6.45, 7) is 3.83. The number of hydrogen-bond donors (Lipinski definition) is 1. The average Bonchev–Trinajstić information content (AvgIpc) is 2.86. The van der Waals surface area contributed by atoms with Crippen LogP contribution in [0.1, 0.15) is 10.7 Å². The Morgan fingerprint density at radius 1 is 1.44 bits per heavy atom. The van der Waals surface area contributed by atoms with Crippen molar-refractivity contribution in [2.45, 2.75) is 0 Å². The highest BCUT2D eigenvalue weighted by Crippen LogP contribution is 2.25. The molecule has 6 heteroatoms. The molecule has 0 atom stereocenters. The van der Waals surface area contributed by atoms with Crippen LogP contribution in [0.2, 0.25) is 5.02 Å². The summed E-state index contributed by atoms with van der Waals surface area (Å²) in [5.74, 6) is -0.336. The molecule has 1 aromatic heterocycles. The minimum atomic E-state index is -0.444. The number of hydrogen-bond acceptors (Lipinski definition) is 4. The molecule has 1 heterocycles. The monoisotopic (exact) mass is 263 g/mol. The maximum Gasteiger partial charge on any atom is 0.309 e. The molecule has 0 saturated carbocycles. The van der Waals surface area contributed by atoms with Gasteiger partial charge < -0.3 is 9.73 Å². The van der Waals surface area contributed by atoms with Gasteiger partial charge in [0.05, 0.1) is 10.6 Å². The van der Waals surface area contributed by atoms with Crippen LogP contribution < -0.4 is 5.32 Å². The van der Waals surface area contributed by atoms with Gasteiger partial charge in [0.2, 0.25) is 5.89 Å². The Bertz CT molecular complexity index is 580. The molecular formula is C12H10ClN3O2. The first-order chi connectivity index (χ1) is 8.72. The first kappa shape index (κ1) is 12.3. The summed E-state index contributed by atoms with van der Waals surface area (Å²) in [6, 6.07) is 7.03. The van der Waals surface area contributed by atoms with Gasteiger partial charge in [0, 0.05) is 6.54 Å². The third kappa shape index (κ3) is 2.57. The lowest BCUT2D eigenvalue weighted by molar-refractivity contribution is 0.0924. The van der Waals surface area contributed by atoms with Crippen molar-refractivity contribution in [2.24, 2.45) is 0 Å². The number of nitrogens with zero attached hydrogens (tertiary/aromatic N) is 2. The molecule has 0 unspecified atom stereocenters. The van der Waals surface area contributed by atoms with Crippen LogP contribution in [-0.2, 0) is 0 Å². The van der Waals surface area contributed by atoms with Gasteiger partial charge in [-0.25, -0.2) is 0 Å². The van der Waals surface area contributed by atoms with Crippen molar-refractivity contribution in [1.82, 2.24) is 15.5 Å². The Morgan fingerprint density at radius 2 is 2.22 bits per heavy atom. The Morgan fingerprint density at radius 3 is 2.94 bits per heavy atom. The number of rotatable bonds is 4. The van der Waals surface area contributed by atoms with Crippen LogP contribution in [0.3, 0.4) is 0 Å². The van der Waals surface area contributed by atoms with Crippen molar-refractivity contribution in [2.75, 3.05) is 6.54 Å². The second kappa shape index (κ2) is 5.46. The predicted molar refractivity (Wildman–Crippen MR) is 67.3 cm³/mol. The highest BCUT2D eigenvalue weighted by molar-refractivity contribution is 6.33. The maximum absolute atomic E-state index is 11.5. The molecule has 0 spiro atoms. The number of benzene rings is 1. The normalized spacial score (nSPS) is 10.1. The predicted octanol–water partition coefficient (Wildman–Crippen LogP) is 2.31. The summed E-state index contributed by atoms with van der Waals surface area (Å²) in [6.07, 6.45) is 1.56. The van der Waals surface area contributed by atoms with Gasteiger partial charge in [0.15, 0.2) is 0 Å². The molecule has 2 rings (SSSR count). The molecule has 1 N–H and O–H groups in total. The van der Waals surface area contributed by atoms with Gasteiger partial charge in [-0.3, -0.25) is 4.79 Å². The van der Waals surface area contributed by atoms with E-state index in [2.05, 4.69) is 22.1 Å². The molecule has 0 saturated heterocycles. The summed E-state index contributed by atoms with van der Waals surface area (Å²) in [7, 11) is 0. The van der Waals surface area contributed by atoms with Crippen LogP contribution in [0, 0.1) is 0 Å². The van der Waals surface area contributed by atoms with Crippen molar-refractivity contribution < 1.29 is 9.21 Å². The molecule has 1 amide bonds. The topological polar surface area (TPSA) is 68.0 Å². The third-order valence-electron chi connectivity index (χ3n) is 2.13. The van der Waals surface area contributed by atoms with Crippen LogP contribution in [-0.4, -0.2) is 22.6 Å². The molecule has 2 aromatic rings. The molecule has 1 aromatic carbocycles.